The summed E-state index contributed by atoms with van der Waals surface area (Å²) in [5.74, 6) is 0.0379. The van der Waals surface area contributed by atoms with Gasteiger partial charge in [0.15, 0.2) is 0 Å². The molecular weight excluding hydrogens is 316 g/mol. The van der Waals surface area contributed by atoms with Crippen LogP contribution < -0.4 is 5.32 Å². The van der Waals surface area contributed by atoms with Gasteiger partial charge in [0.25, 0.3) is 5.91 Å². The number of amides is 1. The van der Waals surface area contributed by atoms with Crippen LogP contribution in [0.5, 0.6) is 0 Å². The zero-order valence-electron chi connectivity index (χ0n) is 10.5. The maximum Gasteiger partial charge on any atom is 0.254 e. The van der Waals surface area contributed by atoms with Crippen LogP contribution in [0.2, 0.25) is 5.02 Å². The van der Waals surface area contributed by atoms with Crippen LogP contribution in [0, 0.1) is 0 Å². The van der Waals surface area contributed by atoms with Gasteiger partial charge in [-0.3, -0.25) is 4.79 Å². The predicted molar refractivity (Wildman–Crippen MR) is 77.1 cm³/mol. The molecule has 3 nitrogen and oxygen atoms in total. The normalized spacial score (nSPS) is 18.8. The van der Waals surface area contributed by atoms with Gasteiger partial charge in [0.05, 0.1) is 10.6 Å². The van der Waals surface area contributed by atoms with Gasteiger partial charge in [0.1, 0.15) is 0 Å². The van der Waals surface area contributed by atoms with Gasteiger partial charge in [-0.2, -0.15) is 0 Å². The van der Waals surface area contributed by atoms with Crippen molar-refractivity contribution in [2.24, 2.45) is 0 Å². The summed E-state index contributed by atoms with van der Waals surface area (Å²) in [7, 11) is 0. The Kier molecular flexibility index (Phi) is 3.99. The van der Waals surface area contributed by atoms with E-state index in [4.69, 9.17) is 11.6 Å². The highest BCUT2D eigenvalue weighted by molar-refractivity contribution is 9.10. The van der Waals surface area contributed by atoms with E-state index in [-0.39, 0.29) is 11.4 Å². The maximum absolute atomic E-state index is 12.5. The monoisotopic (exact) mass is 330 g/mol. The first-order chi connectivity index (χ1) is 8.42. The molecule has 0 saturated carbocycles. The third-order valence-electron chi connectivity index (χ3n) is 3.21. The summed E-state index contributed by atoms with van der Waals surface area (Å²) in [6.45, 7) is 6.50. The second-order valence-electron chi connectivity index (χ2n) is 5.07. The third-order valence-corrected chi connectivity index (χ3v) is 4.44. The fourth-order valence-electron chi connectivity index (χ4n) is 2.14. The highest BCUT2D eigenvalue weighted by Gasteiger charge is 2.33. The van der Waals surface area contributed by atoms with E-state index < -0.39 is 0 Å². The number of carbonyl (C=O) groups is 1. The van der Waals surface area contributed by atoms with Crippen LogP contribution in [-0.4, -0.2) is 36.0 Å². The minimum atomic E-state index is -0.172. The molecule has 1 saturated heterocycles. The van der Waals surface area contributed by atoms with Crippen molar-refractivity contribution >= 4 is 33.4 Å². The van der Waals surface area contributed by atoms with Crippen molar-refractivity contribution in [2.75, 3.05) is 19.6 Å². The molecule has 1 aliphatic heterocycles. The highest BCUT2D eigenvalue weighted by atomic mass is 79.9. The van der Waals surface area contributed by atoms with Gasteiger partial charge in [0.2, 0.25) is 0 Å². The Morgan fingerprint density at radius 1 is 1.50 bits per heavy atom. The lowest BCUT2D eigenvalue weighted by atomic mass is 9.99. The molecule has 18 heavy (non-hydrogen) atoms. The third kappa shape index (κ3) is 2.71. The van der Waals surface area contributed by atoms with Crippen molar-refractivity contribution in [2.45, 2.75) is 19.4 Å². The fraction of sp³-hybridized carbons (Fsp3) is 0.462. The molecule has 1 N–H and O–H groups in total. The first-order valence-corrected chi connectivity index (χ1v) is 7.07. The van der Waals surface area contributed by atoms with E-state index in [2.05, 4.69) is 35.1 Å². The number of piperazine rings is 1. The average molecular weight is 332 g/mol. The molecule has 2 rings (SSSR count). The second-order valence-corrected chi connectivity index (χ2v) is 6.34. The van der Waals surface area contributed by atoms with Gasteiger partial charge in [-0.05, 0) is 48.0 Å². The Balaban J connectivity index is 2.27. The highest BCUT2D eigenvalue weighted by Crippen LogP contribution is 2.26. The lowest BCUT2D eigenvalue weighted by Crippen LogP contribution is -2.59. The Labute approximate surface area is 121 Å². The largest absolute Gasteiger partial charge is 0.331 e. The number of carbonyl (C=O) groups excluding carboxylic acids is 1. The molecule has 1 amide bonds. The van der Waals surface area contributed by atoms with Gasteiger partial charge in [-0.15, -0.1) is 0 Å². The molecule has 0 spiro atoms. The van der Waals surface area contributed by atoms with E-state index in [0.29, 0.717) is 10.6 Å². The second kappa shape index (κ2) is 5.19. The van der Waals surface area contributed by atoms with Crippen LogP contribution in [0.15, 0.2) is 22.7 Å². The zero-order chi connectivity index (χ0) is 13.3. The summed E-state index contributed by atoms with van der Waals surface area (Å²) in [6, 6.07) is 5.33. The molecular formula is C13H16BrClN2O. The summed E-state index contributed by atoms with van der Waals surface area (Å²) in [6.07, 6.45) is 0. The van der Waals surface area contributed by atoms with Crippen LogP contribution in [0.1, 0.15) is 24.2 Å². The standard InChI is InChI=1S/C13H16BrClN2O/c1-13(2)8-16-5-6-17(13)12(18)9-3-4-10(14)11(15)7-9/h3-4,7,16H,5-6,8H2,1-2H3. The van der Waals surface area contributed by atoms with Crippen molar-refractivity contribution in [1.29, 1.82) is 0 Å². The molecule has 1 aromatic carbocycles. The van der Waals surface area contributed by atoms with Crippen LogP contribution in [0.25, 0.3) is 0 Å². The molecule has 1 aliphatic rings. The lowest BCUT2D eigenvalue weighted by Gasteiger charge is -2.42. The van der Waals surface area contributed by atoms with Gasteiger partial charge < -0.3 is 10.2 Å². The van der Waals surface area contributed by atoms with E-state index in [1.807, 2.05) is 11.0 Å². The van der Waals surface area contributed by atoms with Crippen LogP contribution in [0.4, 0.5) is 0 Å². The van der Waals surface area contributed by atoms with Crippen molar-refractivity contribution in [1.82, 2.24) is 10.2 Å². The number of halogens is 2. The van der Waals surface area contributed by atoms with Crippen LogP contribution in [0.3, 0.4) is 0 Å². The molecule has 0 atom stereocenters. The number of nitrogens with one attached hydrogen (secondary N) is 1. The Morgan fingerprint density at radius 3 is 2.83 bits per heavy atom. The first kappa shape index (κ1) is 13.8. The molecule has 0 unspecified atom stereocenters. The molecule has 0 radical (unpaired) electrons. The number of benzene rings is 1. The summed E-state index contributed by atoms with van der Waals surface area (Å²) in [5, 5.41) is 3.87. The molecule has 1 fully saturated rings. The molecule has 1 aromatic rings. The van der Waals surface area contributed by atoms with Crippen molar-refractivity contribution in [3.05, 3.63) is 33.3 Å². The number of rotatable bonds is 1. The van der Waals surface area contributed by atoms with Gasteiger partial charge in [-0.1, -0.05) is 11.6 Å². The number of hydrogen-bond donors (Lipinski definition) is 1. The van der Waals surface area contributed by atoms with E-state index in [1.54, 1.807) is 12.1 Å². The smallest absolute Gasteiger partial charge is 0.254 e. The van der Waals surface area contributed by atoms with Gasteiger partial charge in [-0.25, -0.2) is 0 Å². The number of nitrogens with zero attached hydrogens (tertiary/aromatic N) is 1. The molecule has 1 heterocycles. The summed E-state index contributed by atoms with van der Waals surface area (Å²) in [5.41, 5.74) is 0.465. The van der Waals surface area contributed by atoms with Crippen molar-refractivity contribution in [3.63, 3.8) is 0 Å². The van der Waals surface area contributed by atoms with E-state index in [0.717, 1.165) is 24.1 Å². The minimum absolute atomic E-state index is 0.0379. The van der Waals surface area contributed by atoms with Crippen molar-refractivity contribution < 1.29 is 4.79 Å². The molecule has 5 heteroatoms. The molecule has 0 aromatic heterocycles. The molecule has 0 bridgehead atoms. The van der Waals surface area contributed by atoms with Gasteiger partial charge in [0, 0.05) is 29.7 Å². The average Bonchev–Trinajstić information content (AvgIpc) is 2.31. The predicted octanol–water partition coefficient (Wildman–Crippen LogP) is 2.93. The number of hydrogen-bond acceptors (Lipinski definition) is 2. The maximum atomic E-state index is 12.5. The lowest BCUT2D eigenvalue weighted by molar-refractivity contribution is 0.0477. The minimum Gasteiger partial charge on any atom is -0.331 e. The van der Waals surface area contributed by atoms with E-state index in [9.17, 15) is 4.79 Å². The Morgan fingerprint density at radius 2 is 2.22 bits per heavy atom. The summed E-state index contributed by atoms with van der Waals surface area (Å²) < 4.78 is 0.806. The van der Waals surface area contributed by atoms with E-state index >= 15 is 0 Å². The van der Waals surface area contributed by atoms with E-state index in [1.165, 1.54) is 0 Å². The topological polar surface area (TPSA) is 32.3 Å². The quantitative estimate of drug-likeness (QED) is 0.858. The molecule has 98 valence electrons. The van der Waals surface area contributed by atoms with Crippen LogP contribution in [-0.2, 0) is 0 Å². The SMILES string of the molecule is CC1(C)CNCCN1C(=O)c1ccc(Br)c(Cl)c1. The van der Waals surface area contributed by atoms with Crippen molar-refractivity contribution in [3.8, 4) is 0 Å². The Bertz CT molecular complexity index is 476. The van der Waals surface area contributed by atoms with Crippen LogP contribution >= 0.6 is 27.5 Å². The Hall–Kier alpha value is -0.580. The molecule has 0 aliphatic carbocycles. The first-order valence-electron chi connectivity index (χ1n) is 5.89. The zero-order valence-corrected chi connectivity index (χ0v) is 12.8. The summed E-state index contributed by atoms with van der Waals surface area (Å²) >= 11 is 9.37. The summed E-state index contributed by atoms with van der Waals surface area (Å²) in [4.78, 5) is 14.4. The fourth-order valence-corrected chi connectivity index (χ4v) is 2.57. The van der Waals surface area contributed by atoms with Gasteiger partial charge >= 0.3 is 0 Å².